The molecule has 164 valence electrons. The number of amides is 2. The van der Waals surface area contributed by atoms with Crippen molar-refractivity contribution in [1.82, 2.24) is 9.21 Å². The van der Waals surface area contributed by atoms with E-state index in [-0.39, 0.29) is 23.7 Å². The number of carbonyl (C=O) groups excluding carboxylic acids is 2. The molecule has 1 aliphatic carbocycles. The summed E-state index contributed by atoms with van der Waals surface area (Å²) in [6.07, 6.45) is 6.78. The van der Waals surface area contributed by atoms with Gasteiger partial charge in [-0.25, -0.2) is 8.42 Å². The van der Waals surface area contributed by atoms with E-state index in [0.717, 1.165) is 44.1 Å². The van der Waals surface area contributed by atoms with Crippen molar-refractivity contribution in [2.24, 2.45) is 17.6 Å². The fraction of sp³-hybridized carbons (Fsp3) is 0.636. The maximum atomic E-state index is 13.1. The zero-order valence-electron chi connectivity index (χ0n) is 17.4. The first kappa shape index (κ1) is 21.3. The van der Waals surface area contributed by atoms with Crippen molar-refractivity contribution < 1.29 is 18.0 Å². The zero-order valence-corrected chi connectivity index (χ0v) is 18.2. The van der Waals surface area contributed by atoms with Crippen molar-refractivity contribution >= 4 is 21.8 Å². The fourth-order valence-electron chi connectivity index (χ4n) is 5.03. The van der Waals surface area contributed by atoms with E-state index in [1.165, 1.54) is 9.87 Å². The van der Waals surface area contributed by atoms with Gasteiger partial charge in [-0.15, -0.1) is 0 Å². The number of nitrogens with two attached hydrogens (primary N) is 1. The third kappa shape index (κ3) is 4.25. The van der Waals surface area contributed by atoms with Crippen LogP contribution in [-0.2, 0) is 32.5 Å². The van der Waals surface area contributed by atoms with Crippen molar-refractivity contribution in [2.75, 3.05) is 26.2 Å². The average Bonchev–Trinajstić information content (AvgIpc) is 2.78. The van der Waals surface area contributed by atoms with Gasteiger partial charge in [-0.05, 0) is 74.6 Å². The van der Waals surface area contributed by atoms with Crippen LogP contribution in [0.5, 0.6) is 0 Å². The molecule has 30 heavy (non-hydrogen) atoms. The first-order valence-electron chi connectivity index (χ1n) is 11.1. The molecule has 0 aromatic heterocycles. The first-order chi connectivity index (χ1) is 14.4. The Kier molecular flexibility index (Phi) is 6.16. The highest BCUT2D eigenvalue weighted by molar-refractivity contribution is 7.89. The summed E-state index contributed by atoms with van der Waals surface area (Å²) in [6.45, 7) is 1.74. The standard InChI is InChI=1S/C22H31N3O4S/c23-21(26)19-6-3-11-24(15-19)22(27)17-9-12-25(13-10-17)30(28,29)20-8-7-16-4-1-2-5-18(16)14-20/h7-8,14,17,19H,1-6,9-13,15H2,(H2,23,26)/t19-/m1/s1. The molecule has 3 aliphatic rings. The van der Waals surface area contributed by atoms with Crippen LogP contribution in [0.4, 0.5) is 0 Å². The van der Waals surface area contributed by atoms with E-state index in [4.69, 9.17) is 5.73 Å². The third-order valence-corrected chi connectivity index (χ3v) is 8.79. The van der Waals surface area contributed by atoms with Crippen LogP contribution in [0.1, 0.15) is 49.7 Å². The van der Waals surface area contributed by atoms with Crippen molar-refractivity contribution in [3.63, 3.8) is 0 Å². The third-order valence-electron chi connectivity index (χ3n) is 6.90. The lowest BCUT2D eigenvalue weighted by atomic mass is 9.92. The summed E-state index contributed by atoms with van der Waals surface area (Å²) in [6, 6.07) is 5.54. The number of piperidine rings is 2. The number of nitrogens with zero attached hydrogens (tertiary/aromatic N) is 2. The van der Waals surface area contributed by atoms with Gasteiger partial charge >= 0.3 is 0 Å². The Morgan fingerprint density at radius 2 is 1.60 bits per heavy atom. The molecule has 8 heteroatoms. The van der Waals surface area contributed by atoms with Crippen LogP contribution in [-0.4, -0.2) is 55.6 Å². The predicted molar refractivity (Wildman–Crippen MR) is 113 cm³/mol. The van der Waals surface area contributed by atoms with Crippen LogP contribution in [0, 0.1) is 11.8 Å². The van der Waals surface area contributed by atoms with E-state index in [2.05, 4.69) is 0 Å². The maximum absolute atomic E-state index is 13.1. The molecule has 1 atom stereocenters. The van der Waals surface area contributed by atoms with Crippen LogP contribution < -0.4 is 5.73 Å². The summed E-state index contributed by atoms with van der Waals surface area (Å²) in [7, 11) is -3.54. The lowest BCUT2D eigenvalue weighted by Gasteiger charge is -2.36. The van der Waals surface area contributed by atoms with E-state index in [0.29, 0.717) is 43.9 Å². The molecule has 2 fully saturated rings. The molecule has 7 nitrogen and oxygen atoms in total. The van der Waals surface area contributed by atoms with Crippen molar-refractivity contribution in [3.8, 4) is 0 Å². The van der Waals surface area contributed by atoms with Gasteiger partial charge in [-0.3, -0.25) is 9.59 Å². The number of fused-ring (bicyclic) bond motifs is 1. The highest BCUT2D eigenvalue weighted by Crippen LogP contribution is 2.29. The van der Waals surface area contributed by atoms with E-state index >= 15 is 0 Å². The molecule has 0 unspecified atom stereocenters. The van der Waals surface area contributed by atoms with Gasteiger partial charge in [0.1, 0.15) is 0 Å². The van der Waals surface area contributed by atoms with Gasteiger partial charge in [-0.1, -0.05) is 6.07 Å². The van der Waals surface area contributed by atoms with Gasteiger partial charge in [0.25, 0.3) is 0 Å². The molecule has 1 aromatic carbocycles. The lowest BCUT2D eigenvalue weighted by molar-refractivity contribution is -0.139. The SMILES string of the molecule is NC(=O)[C@@H]1CCCN(C(=O)C2CCN(S(=O)(=O)c3ccc4c(c3)CCCC4)CC2)C1. The molecule has 2 N–H and O–H groups in total. The summed E-state index contributed by atoms with van der Waals surface area (Å²) in [4.78, 5) is 26.5. The monoisotopic (exact) mass is 433 g/mol. The predicted octanol–water partition coefficient (Wildman–Crippen LogP) is 1.69. The zero-order chi connectivity index (χ0) is 21.3. The van der Waals surface area contributed by atoms with Crippen molar-refractivity contribution in [2.45, 2.75) is 56.3 Å². The second-order valence-corrected chi connectivity index (χ2v) is 10.8. The summed E-state index contributed by atoms with van der Waals surface area (Å²) in [5.41, 5.74) is 7.84. The van der Waals surface area contributed by atoms with Crippen molar-refractivity contribution in [3.05, 3.63) is 29.3 Å². The highest BCUT2D eigenvalue weighted by Gasteiger charge is 2.36. The summed E-state index contributed by atoms with van der Waals surface area (Å²) in [5, 5.41) is 0. The number of primary amides is 1. The van der Waals surface area contributed by atoms with E-state index < -0.39 is 10.0 Å². The minimum Gasteiger partial charge on any atom is -0.369 e. The van der Waals surface area contributed by atoms with E-state index in [1.807, 2.05) is 12.1 Å². The normalized spacial score (nSPS) is 23.7. The van der Waals surface area contributed by atoms with Crippen LogP contribution in [0.15, 0.2) is 23.1 Å². The van der Waals surface area contributed by atoms with Gasteiger partial charge in [-0.2, -0.15) is 4.31 Å². The topological polar surface area (TPSA) is 101 Å². The molecular weight excluding hydrogens is 402 g/mol. The highest BCUT2D eigenvalue weighted by atomic mass is 32.2. The molecule has 2 aliphatic heterocycles. The molecule has 2 heterocycles. The van der Waals surface area contributed by atoms with Crippen LogP contribution in [0.25, 0.3) is 0 Å². The maximum Gasteiger partial charge on any atom is 0.243 e. The number of hydrogen-bond acceptors (Lipinski definition) is 4. The Morgan fingerprint density at radius 3 is 2.30 bits per heavy atom. The molecule has 0 spiro atoms. The first-order valence-corrected chi connectivity index (χ1v) is 12.5. The van der Waals surface area contributed by atoms with E-state index in [1.54, 1.807) is 11.0 Å². The van der Waals surface area contributed by atoms with Crippen LogP contribution >= 0.6 is 0 Å². The summed E-state index contributed by atoms with van der Waals surface area (Å²) < 4.78 is 27.8. The average molecular weight is 434 g/mol. The molecular formula is C22H31N3O4S. The largest absolute Gasteiger partial charge is 0.369 e. The Labute approximate surface area is 178 Å². The minimum absolute atomic E-state index is 0.0341. The molecule has 1 aromatic rings. The lowest BCUT2D eigenvalue weighted by Crippen LogP contribution is -2.49. The van der Waals surface area contributed by atoms with E-state index in [9.17, 15) is 18.0 Å². The van der Waals surface area contributed by atoms with Crippen LogP contribution in [0.3, 0.4) is 0 Å². The summed E-state index contributed by atoms with van der Waals surface area (Å²) >= 11 is 0. The number of hydrogen-bond donors (Lipinski definition) is 1. The number of carbonyl (C=O) groups is 2. The Bertz CT molecular complexity index is 922. The minimum atomic E-state index is -3.54. The molecule has 4 rings (SSSR count). The molecule has 2 amide bonds. The number of likely N-dealkylation sites (tertiary alicyclic amines) is 1. The second kappa shape index (κ2) is 8.67. The second-order valence-electron chi connectivity index (χ2n) is 8.84. The Balaban J connectivity index is 1.39. The quantitative estimate of drug-likeness (QED) is 0.781. The number of sulfonamides is 1. The fourth-order valence-corrected chi connectivity index (χ4v) is 6.55. The smallest absolute Gasteiger partial charge is 0.243 e. The van der Waals surface area contributed by atoms with Gasteiger partial charge in [0, 0.05) is 32.1 Å². The molecule has 2 saturated heterocycles. The Hall–Kier alpha value is -1.93. The van der Waals surface area contributed by atoms with Gasteiger partial charge < -0.3 is 10.6 Å². The molecule has 0 radical (unpaired) electrons. The summed E-state index contributed by atoms with van der Waals surface area (Å²) in [5.74, 6) is -0.774. The van der Waals surface area contributed by atoms with Crippen molar-refractivity contribution in [1.29, 1.82) is 0 Å². The molecule has 0 saturated carbocycles. The number of rotatable bonds is 4. The Morgan fingerprint density at radius 1 is 0.900 bits per heavy atom. The molecule has 0 bridgehead atoms. The number of benzene rings is 1. The van der Waals surface area contributed by atoms with Gasteiger partial charge in [0.2, 0.25) is 21.8 Å². The van der Waals surface area contributed by atoms with Gasteiger partial charge in [0.05, 0.1) is 10.8 Å². The van der Waals surface area contributed by atoms with Gasteiger partial charge in [0.15, 0.2) is 0 Å². The number of aryl methyl sites for hydroxylation is 2. The van der Waals surface area contributed by atoms with Crippen LogP contribution in [0.2, 0.25) is 0 Å².